The number of amides is 2. The van der Waals surface area contributed by atoms with Gasteiger partial charge in [0.1, 0.15) is 5.57 Å². The lowest BCUT2D eigenvalue weighted by Crippen LogP contribution is -2.53. The second-order valence-electron chi connectivity index (χ2n) is 7.42. The number of thiocarbonyl (C=S) groups is 1. The highest BCUT2D eigenvalue weighted by molar-refractivity contribution is 7.80. The average Bonchev–Trinajstić information content (AvgIpc) is 2.75. The molecule has 0 spiro atoms. The van der Waals surface area contributed by atoms with Crippen molar-refractivity contribution in [2.75, 3.05) is 18.0 Å². The molecule has 1 N–H and O–H groups in total. The first-order chi connectivity index (χ1) is 14.6. The van der Waals surface area contributed by atoms with Crippen molar-refractivity contribution < 1.29 is 9.59 Å². The lowest BCUT2D eigenvalue weighted by molar-refractivity contribution is -0.128. The molecule has 2 aliphatic heterocycles. The summed E-state index contributed by atoms with van der Waals surface area (Å²) in [6.07, 6.45) is 5.27. The van der Waals surface area contributed by atoms with Gasteiger partial charge in [0.15, 0.2) is 5.11 Å². The molecule has 2 aliphatic rings. The molecule has 5 nitrogen and oxygen atoms in total. The standard InChI is InChI=1S/C24H23N3O2S/c1-2-12-27-23(29)20(22(28)25-24(27)30)15-18-10-11-21-19(14-18)9-6-13-26(21)16-17-7-4-3-5-8-17/h2-5,7-8,10-11,14-15H,1,6,9,12-13,16H2,(H,25,28,30). The summed E-state index contributed by atoms with van der Waals surface area (Å²) >= 11 is 5.10. The maximum Gasteiger partial charge on any atom is 0.265 e. The molecule has 0 radical (unpaired) electrons. The Morgan fingerprint density at radius 3 is 2.70 bits per heavy atom. The summed E-state index contributed by atoms with van der Waals surface area (Å²) in [5.41, 5.74) is 4.64. The molecular weight excluding hydrogens is 394 g/mol. The molecular formula is C24H23N3O2S. The number of nitrogens with one attached hydrogen (secondary N) is 1. The van der Waals surface area contributed by atoms with Crippen LogP contribution in [0.5, 0.6) is 0 Å². The number of benzene rings is 2. The molecule has 0 atom stereocenters. The topological polar surface area (TPSA) is 52.7 Å². The Labute approximate surface area is 181 Å². The van der Waals surface area contributed by atoms with E-state index in [1.807, 2.05) is 12.1 Å². The summed E-state index contributed by atoms with van der Waals surface area (Å²) < 4.78 is 0. The summed E-state index contributed by atoms with van der Waals surface area (Å²) in [7, 11) is 0. The first-order valence-corrected chi connectivity index (χ1v) is 10.4. The second-order valence-corrected chi connectivity index (χ2v) is 7.81. The molecule has 30 heavy (non-hydrogen) atoms. The van der Waals surface area contributed by atoms with E-state index in [1.54, 1.807) is 12.2 Å². The van der Waals surface area contributed by atoms with Gasteiger partial charge in [0.05, 0.1) is 0 Å². The van der Waals surface area contributed by atoms with Crippen LogP contribution in [-0.2, 0) is 22.6 Å². The van der Waals surface area contributed by atoms with E-state index in [0.29, 0.717) is 0 Å². The Hall–Kier alpha value is -3.25. The Morgan fingerprint density at radius 2 is 1.93 bits per heavy atom. The minimum Gasteiger partial charge on any atom is -0.367 e. The van der Waals surface area contributed by atoms with E-state index in [-0.39, 0.29) is 17.2 Å². The molecule has 1 saturated heterocycles. The molecule has 0 unspecified atom stereocenters. The van der Waals surface area contributed by atoms with Crippen molar-refractivity contribution in [2.24, 2.45) is 0 Å². The number of aryl methyl sites for hydroxylation is 1. The molecule has 1 fully saturated rings. The molecule has 0 saturated carbocycles. The number of carbonyl (C=O) groups excluding carboxylic acids is 2. The third-order valence-electron chi connectivity index (χ3n) is 5.34. The summed E-state index contributed by atoms with van der Waals surface area (Å²) in [6.45, 7) is 5.78. The van der Waals surface area contributed by atoms with E-state index in [2.05, 4.69) is 53.2 Å². The average molecular weight is 418 g/mol. The van der Waals surface area contributed by atoms with Gasteiger partial charge < -0.3 is 4.90 Å². The van der Waals surface area contributed by atoms with E-state index in [4.69, 9.17) is 12.2 Å². The van der Waals surface area contributed by atoms with Gasteiger partial charge in [0.2, 0.25) is 0 Å². The first kappa shape index (κ1) is 20.0. The second kappa shape index (κ2) is 8.63. The van der Waals surface area contributed by atoms with E-state index >= 15 is 0 Å². The van der Waals surface area contributed by atoms with Crippen LogP contribution in [0.4, 0.5) is 5.69 Å². The quantitative estimate of drug-likeness (QED) is 0.350. The third-order valence-corrected chi connectivity index (χ3v) is 5.67. The minimum absolute atomic E-state index is 0.0855. The van der Waals surface area contributed by atoms with Crippen LogP contribution < -0.4 is 10.2 Å². The van der Waals surface area contributed by atoms with Crippen LogP contribution in [0, 0.1) is 0 Å². The number of carbonyl (C=O) groups is 2. The van der Waals surface area contributed by atoms with Crippen LogP contribution in [0.1, 0.15) is 23.1 Å². The van der Waals surface area contributed by atoms with Gasteiger partial charge >= 0.3 is 0 Å². The Morgan fingerprint density at radius 1 is 1.13 bits per heavy atom. The van der Waals surface area contributed by atoms with Crippen LogP contribution in [0.3, 0.4) is 0 Å². The van der Waals surface area contributed by atoms with Crippen LogP contribution >= 0.6 is 12.2 Å². The van der Waals surface area contributed by atoms with Crippen LogP contribution in [0.25, 0.3) is 6.08 Å². The Kier molecular flexibility index (Phi) is 5.77. The van der Waals surface area contributed by atoms with Crippen LogP contribution in [0.15, 0.2) is 66.8 Å². The highest BCUT2D eigenvalue weighted by Gasteiger charge is 2.32. The monoisotopic (exact) mass is 417 g/mol. The van der Waals surface area contributed by atoms with Crippen molar-refractivity contribution in [1.29, 1.82) is 0 Å². The van der Waals surface area contributed by atoms with E-state index in [0.717, 1.165) is 31.5 Å². The molecule has 0 aromatic heterocycles. The summed E-state index contributed by atoms with van der Waals surface area (Å²) in [6, 6.07) is 16.5. The fourth-order valence-corrected chi connectivity index (χ4v) is 4.16. The van der Waals surface area contributed by atoms with E-state index < -0.39 is 11.8 Å². The molecule has 2 aromatic carbocycles. The number of fused-ring (bicyclic) bond motifs is 1. The predicted octanol–water partition coefficient (Wildman–Crippen LogP) is 3.45. The van der Waals surface area contributed by atoms with Gasteiger partial charge in [-0.1, -0.05) is 42.5 Å². The lowest BCUT2D eigenvalue weighted by Gasteiger charge is -2.32. The molecule has 2 aromatic rings. The van der Waals surface area contributed by atoms with E-state index in [9.17, 15) is 9.59 Å². The molecule has 0 bridgehead atoms. The summed E-state index contributed by atoms with van der Waals surface area (Å²) in [5, 5.41) is 2.70. The SMILES string of the molecule is C=CCN1C(=O)C(=Cc2ccc3c(c2)CCCN3Cc2ccccc2)C(=O)NC1=S. The summed E-state index contributed by atoms with van der Waals surface area (Å²) in [5.74, 6) is -0.860. The maximum atomic E-state index is 12.7. The minimum atomic E-state index is -0.464. The highest BCUT2D eigenvalue weighted by Crippen LogP contribution is 2.30. The third kappa shape index (κ3) is 4.04. The molecule has 2 amide bonds. The van der Waals surface area contributed by atoms with Gasteiger partial charge in [0.25, 0.3) is 11.8 Å². The van der Waals surface area contributed by atoms with Crippen LogP contribution in [0.2, 0.25) is 0 Å². The lowest BCUT2D eigenvalue weighted by atomic mass is 9.97. The van der Waals surface area contributed by atoms with E-state index in [1.165, 1.54) is 21.7 Å². The summed E-state index contributed by atoms with van der Waals surface area (Å²) in [4.78, 5) is 28.8. The normalized spacial score (nSPS) is 17.7. The van der Waals surface area contributed by atoms with Crippen LogP contribution in [-0.4, -0.2) is 34.9 Å². The van der Waals surface area contributed by atoms with Crippen molar-refractivity contribution in [3.05, 3.63) is 83.4 Å². The van der Waals surface area contributed by atoms with Gasteiger partial charge in [-0.05, 0) is 60.0 Å². The molecule has 4 rings (SSSR count). The molecule has 6 heteroatoms. The fourth-order valence-electron chi connectivity index (χ4n) is 3.91. The van der Waals surface area contributed by atoms with Gasteiger partial charge in [-0.3, -0.25) is 19.8 Å². The Balaban J connectivity index is 1.60. The zero-order chi connectivity index (χ0) is 21.1. The number of nitrogens with zero attached hydrogens (tertiary/aromatic N) is 2. The van der Waals surface area contributed by atoms with Crippen molar-refractivity contribution in [1.82, 2.24) is 10.2 Å². The van der Waals surface area contributed by atoms with Crippen molar-refractivity contribution in [2.45, 2.75) is 19.4 Å². The first-order valence-electron chi connectivity index (χ1n) is 9.98. The predicted molar refractivity (Wildman–Crippen MR) is 123 cm³/mol. The molecule has 152 valence electrons. The largest absolute Gasteiger partial charge is 0.367 e. The number of hydrogen-bond acceptors (Lipinski definition) is 4. The van der Waals surface area contributed by atoms with Crippen molar-refractivity contribution in [3.63, 3.8) is 0 Å². The number of anilines is 1. The Bertz CT molecular complexity index is 1050. The zero-order valence-electron chi connectivity index (χ0n) is 16.6. The van der Waals surface area contributed by atoms with Crippen molar-refractivity contribution >= 4 is 40.9 Å². The van der Waals surface area contributed by atoms with Gasteiger partial charge in [-0.15, -0.1) is 6.58 Å². The maximum absolute atomic E-state index is 12.7. The van der Waals surface area contributed by atoms with Crippen molar-refractivity contribution in [3.8, 4) is 0 Å². The molecule has 2 heterocycles. The van der Waals surface area contributed by atoms with Gasteiger partial charge in [0, 0.05) is 25.3 Å². The zero-order valence-corrected chi connectivity index (χ0v) is 17.5. The van der Waals surface area contributed by atoms with Gasteiger partial charge in [-0.25, -0.2) is 0 Å². The smallest absolute Gasteiger partial charge is 0.265 e. The fraction of sp³-hybridized carbons (Fsp3) is 0.208. The number of rotatable bonds is 5. The van der Waals surface area contributed by atoms with Gasteiger partial charge in [-0.2, -0.15) is 0 Å². The molecule has 0 aliphatic carbocycles. The highest BCUT2D eigenvalue weighted by atomic mass is 32.1. The number of hydrogen-bond donors (Lipinski definition) is 1.